The lowest BCUT2D eigenvalue weighted by Crippen LogP contribution is -2.26. The van der Waals surface area contributed by atoms with Crippen molar-refractivity contribution in [3.63, 3.8) is 0 Å². The summed E-state index contributed by atoms with van der Waals surface area (Å²) in [6.07, 6.45) is -2.84. The van der Waals surface area contributed by atoms with Gasteiger partial charge in [0.25, 0.3) is 0 Å². The minimum absolute atomic E-state index is 0.0673. The van der Waals surface area contributed by atoms with Crippen LogP contribution in [0.3, 0.4) is 0 Å². The van der Waals surface area contributed by atoms with Crippen molar-refractivity contribution < 1.29 is 18.0 Å². The smallest absolute Gasteiger partial charge is 0.356 e. The fourth-order valence-corrected chi connectivity index (χ4v) is 3.15. The first-order valence-corrected chi connectivity index (χ1v) is 9.53. The van der Waals surface area contributed by atoms with Crippen molar-refractivity contribution >= 4 is 5.91 Å². The number of hydrogen-bond acceptors (Lipinski definition) is 2. The molecule has 0 spiro atoms. The molecule has 1 amide bonds. The van der Waals surface area contributed by atoms with Crippen LogP contribution >= 0.6 is 0 Å². The number of carbonyl (C=O) groups is 1. The van der Waals surface area contributed by atoms with Crippen LogP contribution in [0, 0.1) is 19.8 Å². The van der Waals surface area contributed by atoms with E-state index in [2.05, 4.69) is 24.3 Å². The number of carbonyl (C=O) groups excluding carboxylic acids is 1. The second kappa shape index (κ2) is 9.26. The molecule has 28 heavy (non-hydrogen) atoms. The first kappa shape index (κ1) is 22.0. The molecule has 2 aromatic rings. The summed E-state index contributed by atoms with van der Waals surface area (Å²) in [5, 5.41) is 7.40. The van der Waals surface area contributed by atoms with Gasteiger partial charge in [0.1, 0.15) is 0 Å². The molecule has 0 bridgehead atoms. The number of aromatic nitrogens is 2. The monoisotopic (exact) mass is 395 g/mol. The van der Waals surface area contributed by atoms with Crippen LogP contribution in [0.5, 0.6) is 0 Å². The Morgan fingerprint density at radius 3 is 2.36 bits per heavy atom. The molecule has 7 heteroatoms. The minimum Gasteiger partial charge on any atom is -0.356 e. The molecule has 0 saturated carbocycles. The van der Waals surface area contributed by atoms with E-state index >= 15 is 0 Å². The Morgan fingerprint density at radius 2 is 1.79 bits per heavy atom. The molecule has 0 unspecified atom stereocenters. The highest BCUT2D eigenvalue weighted by Crippen LogP contribution is 2.29. The lowest BCUT2D eigenvalue weighted by atomic mass is 10.1. The van der Waals surface area contributed by atoms with Gasteiger partial charge in [-0.3, -0.25) is 9.48 Å². The van der Waals surface area contributed by atoms with Crippen LogP contribution in [0.4, 0.5) is 13.2 Å². The van der Waals surface area contributed by atoms with Gasteiger partial charge in [-0.25, -0.2) is 0 Å². The van der Waals surface area contributed by atoms with Gasteiger partial charge >= 0.3 is 6.18 Å². The van der Waals surface area contributed by atoms with Crippen LogP contribution < -0.4 is 5.32 Å². The number of amides is 1. The Balaban J connectivity index is 1.80. The predicted octanol–water partition coefficient (Wildman–Crippen LogP) is 4.47. The van der Waals surface area contributed by atoms with Crippen LogP contribution in [0.2, 0.25) is 0 Å². The molecular weight excluding hydrogens is 367 g/mol. The van der Waals surface area contributed by atoms with Crippen molar-refractivity contribution in [2.75, 3.05) is 6.54 Å². The second-order valence-electron chi connectivity index (χ2n) is 7.52. The lowest BCUT2D eigenvalue weighted by molar-refractivity contribution is -0.137. The topological polar surface area (TPSA) is 46.9 Å². The van der Waals surface area contributed by atoms with Crippen molar-refractivity contribution in [2.45, 2.75) is 59.7 Å². The number of hydrogen-bond donors (Lipinski definition) is 1. The van der Waals surface area contributed by atoms with Crippen LogP contribution in [0.1, 0.15) is 48.3 Å². The van der Waals surface area contributed by atoms with Gasteiger partial charge in [0.15, 0.2) is 0 Å². The molecule has 1 aromatic carbocycles. The number of alkyl halides is 3. The average Bonchev–Trinajstić information content (AvgIpc) is 2.85. The van der Waals surface area contributed by atoms with E-state index in [0.717, 1.165) is 41.2 Å². The molecule has 0 radical (unpaired) electrons. The number of halogens is 3. The Labute approximate surface area is 164 Å². The number of nitrogens with zero attached hydrogens (tertiary/aromatic N) is 2. The quantitative estimate of drug-likeness (QED) is 0.717. The number of rotatable bonds is 8. The third-order valence-electron chi connectivity index (χ3n) is 4.69. The zero-order valence-electron chi connectivity index (χ0n) is 16.9. The minimum atomic E-state index is -4.33. The highest BCUT2D eigenvalue weighted by atomic mass is 19.4. The molecule has 1 aromatic heterocycles. The molecule has 0 saturated heterocycles. The van der Waals surface area contributed by atoms with Crippen molar-refractivity contribution in [3.05, 3.63) is 52.3 Å². The molecule has 154 valence electrons. The van der Waals surface area contributed by atoms with E-state index in [1.165, 1.54) is 12.1 Å². The van der Waals surface area contributed by atoms with Crippen molar-refractivity contribution in [3.8, 4) is 0 Å². The van der Waals surface area contributed by atoms with E-state index in [4.69, 9.17) is 0 Å². The van der Waals surface area contributed by atoms with Crippen LogP contribution in [0.25, 0.3) is 0 Å². The fourth-order valence-electron chi connectivity index (χ4n) is 3.15. The first-order valence-electron chi connectivity index (χ1n) is 9.53. The zero-order chi connectivity index (χ0) is 20.9. The summed E-state index contributed by atoms with van der Waals surface area (Å²) >= 11 is 0. The lowest BCUT2D eigenvalue weighted by Gasteiger charge is -2.09. The molecule has 0 aliphatic heterocycles. The third kappa shape index (κ3) is 6.11. The highest BCUT2D eigenvalue weighted by Gasteiger charge is 2.29. The van der Waals surface area contributed by atoms with Crippen molar-refractivity contribution in [1.29, 1.82) is 0 Å². The summed E-state index contributed by atoms with van der Waals surface area (Å²) in [6.45, 7) is 9.52. The van der Waals surface area contributed by atoms with Gasteiger partial charge in [0.2, 0.25) is 5.91 Å². The van der Waals surface area contributed by atoms with E-state index in [-0.39, 0.29) is 5.91 Å². The summed E-state index contributed by atoms with van der Waals surface area (Å²) in [4.78, 5) is 12.1. The van der Waals surface area contributed by atoms with E-state index in [1.807, 2.05) is 18.5 Å². The SMILES string of the molecule is Cc1nn(CC(C)C)c(C)c1CCC(=O)NCCc1ccc(C(F)(F)F)cc1. The van der Waals surface area contributed by atoms with Gasteiger partial charge in [-0.05, 0) is 55.9 Å². The summed E-state index contributed by atoms with van der Waals surface area (Å²) < 4.78 is 39.7. The fraction of sp³-hybridized carbons (Fsp3) is 0.524. The van der Waals surface area contributed by atoms with E-state index in [0.29, 0.717) is 31.7 Å². The molecular formula is C21H28F3N3O. The standard InChI is InChI=1S/C21H28F3N3O/c1-14(2)13-27-16(4)19(15(3)26-27)9-10-20(28)25-12-11-17-5-7-18(8-6-17)21(22,23)24/h5-8,14H,9-13H2,1-4H3,(H,25,28). The molecule has 0 aliphatic carbocycles. The van der Waals surface area contributed by atoms with Gasteiger partial charge in [-0.2, -0.15) is 18.3 Å². The van der Waals surface area contributed by atoms with Gasteiger partial charge in [-0.1, -0.05) is 26.0 Å². The number of benzene rings is 1. The normalized spacial score (nSPS) is 11.9. The predicted molar refractivity (Wildman–Crippen MR) is 103 cm³/mol. The average molecular weight is 395 g/mol. The van der Waals surface area contributed by atoms with E-state index < -0.39 is 11.7 Å². The van der Waals surface area contributed by atoms with Gasteiger partial charge in [-0.15, -0.1) is 0 Å². The molecule has 0 aliphatic rings. The highest BCUT2D eigenvalue weighted by molar-refractivity contribution is 5.76. The molecule has 4 nitrogen and oxygen atoms in total. The molecule has 1 N–H and O–H groups in total. The van der Waals surface area contributed by atoms with Gasteiger partial charge in [0.05, 0.1) is 11.3 Å². The van der Waals surface area contributed by atoms with E-state index in [1.54, 1.807) is 0 Å². The summed E-state index contributed by atoms with van der Waals surface area (Å²) in [6, 6.07) is 5.03. The summed E-state index contributed by atoms with van der Waals surface area (Å²) in [5.74, 6) is 0.432. The molecule has 2 rings (SSSR count). The van der Waals surface area contributed by atoms with Crippen molar-refractivity contribution in [2.24, 2.45) is 5.92 Å². The van der Waals surface area contributed by atoms with Crippen LogP contribution in [-0.2, 0) is 30.4 Å². The molecule has 0 fully saturated rings. The Kier molecular flexibility index (Phi) is 7.27. The van der Waals surface area contributed by atoms with Gasteiger partial charge in [0, 0.05) is 25.2 Å². The zero-order valence-corrected chi connectivity index (χ0v) is 16.9. The van der Waals surface area contributed by atoms with Gasteiger partial charge < -0.3 is 5.32 Å². The summed E-state index contributed by atoms with van der Waals surface area (Å²) in [7, 11) is 0. The Hall–Kier alpha value is -2.31. The van der Waals surface area contributed by atoms with Crippen molar-refractivity contribution in [1.82, 2.24) is 15.1 Å². The number of aryl methyl sites for hydroxylation is 1. The molecule has 1 heterocycles. The Morgan fingerprint density at radius 1 is 1.14 bits per heavy atom. The van der Waals surface area contributed by atoms with E-state index in [9.17, 15) is 18.0 Å². The first-order chi connectivity index (χ1) is 13.1. The third-order valence-corrected chi connectivity index (χ3v) is 4.69. The Bertz CT molecular complexity index is 792. The van der Waals surface area contributed by atoms with Crippen LogP contribution in [-0.4, -0.2) is 22.2 Å². The summed E-state index contributed by atoms with van der Waals surface area (Å²) in [5.41, 5.74) is 3.26. The van der Waals surface area contributed by atoms with Crippen LogP contribution in [0.15, 0.2) is 24.3 Å². The second-order valence-corrected chi connectivity index (χ2v) is 7.52. The molecule has 0 atom stereocenters. The maximum absolute atomic E-state index is 12.6. The largest absolute Gasteiger partial charge is 0.416 e. The number of nitrogens with one attached hydrogen (secondary N) is 1. The maximum atomic E-state index is 12.6. The maximum Gasteiger partial charge on any atom is 0.416 e.